The van der Waals surface area contributed by atoms with Crippen LogP contribution < -0.4 is 5.32 Å². The van der Waals surface area contributed by atoms with Crippen molar-refractivity contribution in [1.82, 2.24) is 4.98 Å². The number of anilines is 1. The van der Waals surface area contributed by atoms with Crippen LogP contribution in [0.25, 0.3) is 11.5 Å². The number of aryl methyl sites for hydroxylation is 1. The molecule has 0 saturated carbocycles. The van der Waals surface area contributed by atoms with Crippen LogP contribution in [0.4, 0.5) is 5.69 Å². The van der Waals surface area contributed by atoms with Gasteiger partial charge in [0, 0.05) is 9.13 Å². The van der Waals surface area contributed by atoms with Crippen molar-refractivity contribution in [3.63, 3.8) is 0 Å². The third-order valence-electron chi connectivity index (χ3n) is 3.21. The SMILES string of the molecule is Cc1oc(-c2ccccc2)nc1C(=O)Nc1ccc(I)cc1Cl. The minimum Gasteiger partial charge on any atom is -0.441 e. The first-order chi connectivity index (χ1) is 11.0. The van der Waals surface area contributed by atoms with Gasteiger partial charge in [0.15, 0.2) is 5.69 Å². The topological polar surface area (TPSA) is 55.1 Å². The number of amides is 1. The maximum Gasteiger partial charge on any atom is 0.277 e. The van der Waals surface area contributed by atoms with E-state index in [-0.39, 0.29) is 11.6 Å². The number of nitrogens with zero attached hydrogens (tertiary/aromatic N) is 1. The van der Waals surface area contributed by atoms with E-state index in [1.165, 1.54) is 0 Å². The van der Waals surface area contributed by atoms with E-state index in [1.807, 2.05) is 36.4 Å². The predicted octanol–water partition coefficient (Wildman–Crippen LogP) is 5.16. The van der Waals surface area contributed by atoms with E-state index < -0.39 is 0 Å². The number of nitrogens with one attached hydrogen (secondary N) is 1. The van der Waals surface area contributed by atoms with E-state index in [0.717, 1.165) is 9.13 Å². The van der Waals surface area contributed by atoms with Crippen LogP contribution in [0.5, 0.6) is 0 Å². The van der Waals surface area contributed by atoms with Crippen molar-refractivity contribution in [3.05, 3.63) is 68.6 Å². The standard InChI is InChI=1S/C17H12ClIN2O2/c1-10-15(21-17(23-10)11-5-3-2-4-6-11)16(22)20-14-8-7-12(19)9-13(14)18/h2-9H,1H3,(H,20,22). The van der Waals surface area contributed by atoms with Crippen LogP contribution in [0.3, 0.4) is 0 Å². The number of hydrogen-bond acceptors (Lipinski definition) is 3. The van der Waals surface area contributed by atoms with Gasteiger partial charge in [-0.15, -0.1) is 0 Å². The first-order valence-electron chi connectivity index (χ1n) is 6.84. The van der Waals surface area contributed by atoms with Crippen molar-refractivity contribution in [1.29, 1.82) is 0 Å². The van der Waals surface area contributed by atoms with Crippen molar-refractivity contribution in [2.24, 2.45) is 0 Å². The van der Waals surface area contributed by atoms with Crippen molar-refractivity contribution in [2.75, 3.05) is 5.32 Å². The fourth-order valence-electron chi connectivity index (χ4n) is 2.08. The van der Waals surface area contributed by atoms with Crippen LogP contribution in [0.15, 0.2) is 52.9 Å². The summed E-state index contributed by atoms with van der Waals surface area (Å²) in [5.41, 5.74) is 1.61. The molecule has 1 N–H and O–H groups in total. The summed E-state index contributed by atoms with van der Waals surface area (Å²) in [6.45, 7) is 1.71. The third kappa shape index (κ3) is 3.56. The fraction of sp³-hybridized carbons (Fsp3) is 0.0588. The molecule has 0 spiro atoms. The summed E-state index contributed by atoms with van der Waals surface area (Å²) in [7, 11) is 0. The van der Waals surface area contributed by atoms with E-state index in [9.17, 15) is 4.79 Å². The van der Waals surface area contributed by atoms with Crippen LogP contribution >= 0.6 is 34.2 Å². The minimum absolute atomic E-state index is 0.249. The Balaban J connectivity index is 1.87. The van der Waals surface area contributed by atoms with Crippen LogP contribution in [0.2, 0.25) is 5.02 Å². The summed E-state index contributed by atoms with van der Waals surface area (Å²) in [5, 5.41) is 3.24. The van der Waals surface area contributed by atoms with Gasteiger partial charge in [0.2, 0.25) is 5.89 Å². The molecule has 1 amide bonds. The molecular formula is C17H12ClIN2O2. The van der Waals surface area contributed by atoms with Gasteiger partial charge in [0.25, 0.3) is 5.91 Å². The number of carbonyl (C=O) groups is 1. The van der Waals surface area contributed by atoms with Gasteiger partial charge in [0.05, 0.1) is 10.7 Å². The lowest BCUT2D eigenvalue weighted by Crippen LogP contribution is -2.14. The summed E-state index contributed by atoms with van der Waals surface area (Å²) < 4.78 is 6.60. The van der Waals surface area contributed by atoms with E-state index in [2.05, 4.69) is 32.9 Å². The second kappa shape index (κ2) is 6.72. The van der Waals surface area contributed by atoms with Gasteiger partial charge >= 0.3 is 0 Å². The molecule has 0 radical (unpaired) electrons. The molecule has 1 aromatic heterocycles. The Morgan fingerprint density at radius 2 is 1.96 bits per heavy atom. The number of aromatic nitrogens is 1. The maximum atomic E-state index is 12.4. The van der Waals surface area contributed by atoms with E-state index in [1.54, 1.807) is 19.1 Å². The maximum absolute atomic E-state index is 12.4. The van der Waals surface area contributed by atoms with Gasteiger partial charge in [-0.1, -0.05) is 29.8 Å². The first kappa shape index (κ1) is 16.0. The van der Waals surface area contributed by atoms with Crippen molar-refractivity contribution >= 4 is 45.8 Å². The monoisotopic (exact) mass is 438 g/mol. The molecule has 23 heavy (non-hydrogen) atoms. The van der Waals surface area contributed by atoms with Gasteiger partial charge in [0.1, 0.15) is 5.76 Å². The zero-order chi connectivity index (χ0) is 16.4. The Morgan fingerprint density at radius 3 is 2.65 bits per heavy atom. The fourth-order valence-corrected chi connectivity index (χ4v) is 2.99. The second-order valence-electron chi connectivity index (χ2n) is 4.87. The highest BCUT2D eigenvalue weighted by molar-refractivity contribution is 14.1. The molecule has 1 heterocycles. The van der Waals surface area contributed by atoms with E-state index >= 15 is 0 Å². The average molecular weight is 439 g/mol. The summed E-state index contributed by atoms with van der Waals surface area (Å²) in [6, 6.07) is 14.9. The number of carbonyl (C=O) groups excluding carboxylic acids is 1. The van der Waals surface area contributed by atoms with Crippen LogP contribution in [0, 0.1) is 10.5 Å². The van der Waals surface area contributed by atoms with Crippen LogP contribution in [-0.2, 0) is 0 Å². The summed E-state index contributed by atoms with van der Waals surface area (Å²) in [5.74, 6) is 0.529. The molecule has 0 aliphatic heterocycles. The summed E-state index contributed by atoms with van der Waals surface area (Å²) in [4.78, 5) is 16.7. The van der Waals surface area contributed by atoms with Gasteiger partial charge < -0.3 is 9.73 Å². The van der Waals surface area contributed by atoms with E-state index in [0.29, 0.717) is 22.4 Å². The molecular weight excluding hydrogens is 427 g/mol. The van der Waals surface area contributed by atoms with Gasteiger partial charge in [-0.25, -0.2) is 4.98 Å². The van der Waals surface area contributed by atoms with Crippen molar-refractivity contribution in [2.45, 2.75) is 6.92 Å². The Bertz CT molecular complexity index is 862. The summed E-state index contributed by atoms with van der Waals surface area (Å²) >= 11 is 8.30. The lowest BCUT2D eigenvalue weighted by molar-refractivity contribution is 0.102. The molecule has 0 aliphatic carbocycles. The number of oxazole rings is 1. The van der Waals surface area contributed by atoms with Crippen molar-refractivity contribution < 1.29 is 9.21 Å². The molecule has 116 valence electrons. The molecule has 4 nitrogen and oxygen atoms in total. The van der Waals surface area contributed by atoms with Crippen molar-refractivity contribution in [3.8, 4) is 11.5 Å². The summed E-state index contributed by atoms with van der Waals surface area (Å²) in [6.07, 6.45) is 0. The molecule has 3 rings (SSSR count). The number of benzene rings is 2. The number of halogens is 2. The Kier molecular flexibility index (Phi) is 4.68. The Labute approximate surface area is 152 Å². The molecule has 0 saturated heterocycles. The quantitative estimate of drug-likeness (QED) is 0.575. The molecule has 0 fully saturated rings. The lowest BCUT2D eigenvalue weighted by atomic mass is 10.2. The largest absolute Gasteiger partial charge is 0.441 e. The highest BCUT2D eigenvalue weighted by Gasteiger charge is 2.19. The molecule has 0 bridgehead atoms. The highest BCUT2D eigenvalue weighted by atomic mass is 127. The number of hydrogen-bond donors (Lipinski definition) is 1. The molecule has 0 aliphatic rings. The predicted molar refractivity (Wildman–Crippen MR) is 98.8 cm³/mol. The van der Waals surface area contributed by atoms with Gasteiger partial charge in [-0.2, -0.15) is 0 Å². The van der Waals surface area contributed by atoms with Gasteiger partial charge in [-0.05, 0) is 59.8 Å². The third-order valence-corrected chi connectivity index (χ3v) is 4.20. The van der Waals surface area contributed by atoms with Crippen LogP contribution in [-0.4, -0.2) is 10.9 Å². The Morgan fingerprint density at radius 1 is 1.22 bits per heavy atom. The molecule has 6 heteroatoms. The normalized spacial score (nSPS) is 10.6. The first-order valence-corrected chi connectivity index (χ1v) is 8.29. The molecule has 3 aromatic rings. The highest BCUT2D eigenvalue weighted by Crippen LogP contribution is 2.26. The van der Waals surface area contributed by atoms with Crippen LogP contribution in [0.1, 0.15) is 16.2 Å². The second-order valence-corrected chi connectivity index (χ2v) is 6.52. The molecule has 0 atom stereocenters. The number of rotatable bonds is 3. The zero-order valence-electron chi connectivity index (χ0n) is 12.1. The average Bonchev–Trinajstić information content (AvgIpc) is 2.93. The molecule has 0 unspecified atom stereocenters. The molecule has 2 aromatic carbocycles. The zero-order valence-corrected chi connectivity index (χ0v) is 15.1. The Hall–Kier alpha value is -1.86. The van der Waals surface area contributed by atoms with Gasteiger partial charge in [-0.3, -0.25) is 4.79 Å². The lowest BCUT2D eigenvalue weighted by Gasteiger charge is -2.06. The smallest absolute Gasteiger partial charge is 0.277 e. The van der Waals surface area contributed by atoms with E-state index in [4.69, 9.17) is 16.0 Å². The minimum atomic E-state index is -0.350.